The zero-order valence-corrected chi connectivity index (χ0v) is 10.9. The number of rotatable bonds is 5. The zero-order valence-electron chi connectivity index (χ0n) is 10.1. The number of carbonyl (C=O) groups excluding carboxylic acids is 1. The Bertz CT molecular complexity index is 203. The molecule has 2 N–H and O–H groups in total. The topological polar surface area (TPSA) is 52.3 Å². The molecule has 1 saturated carbocycles. The number of thioether (sulfide) groups is 1. The summed E-state index contributed by atoms with van der Waals surface area (Å²) in [4.78, 5) is 11.7. The average Bonchev–Trinajstić information content (AvgIpc) is 2.54. The van der Waals surface area contributed by atoms with Crippen molar-refractivity contribution in [3.05, 3.63) is 0 Å². The van der Waals surface area contributed by atoms with Gasteiger partial charge in [-0.05, 0) is 44.1 Å². The van der Waals surface area contributed by atoms with Crippen LogP contribution >= 0.6 is 11.8 Å². The maximum atomic E-state index is 11.7. The third kappa shape index (κ3) is 5.21. The van der Waals surface area contributed by atoms with E-state index in [0.717, 1.165) is 18.6 Å². The number of carbonyl (C=O) groups is 1. The van der Waals surface area contributed by atoms with E-state index in [-0.39, 0.29) is 12.1 Å². The van der Waals surface area contributed by atoms with Crippen molar-refractivity contribution in [2.24, 2.45) is 5.73 Å². The molecule has 0 amide bonds. The zero-order chi connectivity index (χ0) is 11.8. The van der Waals surface area contributed by atoms with Crippen LogP contribution in [0.3, 0.4) is 0 Å². The van der Waals surface area contributed by atoms with Crippen LogP contribution in [0.5, 0.6) is 0 Å². The Hall–Kier alpha value is -0.220. The number of ether oxygens (including phenoxy) is 1. The van der Waals surface area contributed by atoms with Gasteiger partial charge in [-0.1, -0.05) is 12.8 Å². The fourth-order valence-corrected chi connectivity index (χ4v) is 2.46. The Morgan fingerprint density at radius 1 is 1.38 bits per heavy atom. The van der Waals surface area contributed by atoms with Crippen molar-refractivity contribution in [1.82, 2.24) is 0 Å². The molecule has 0 bridgehead atoms. The number of hydrogen-bond acceptors (Lipinski definition) is 4. The van der Waals surface area contributed by atoms with Gasteiger partial charge < -0.3 is 10.5 Å². The number of esters is 1. The second-order valence-electron chi connectivity index (χ2n) is 4.44. The predicted molar refractivity (Wildman–Crippen MR) is 68.6 cm³/mol. The first-order chi connectivity index (χ1) is 7.74. The van der Waals surface area contributed by atoms with Crippen molar-refractivity contribution >= 4 is 17.7 Å². The molecule has 1 fully saturated rings. The van der Waals surface area contributed by atoms with Gasteiger partial charge in [0.1, 0.15) is 12.1 Å². The van der Waals surface area contributed by atoms with Gasteiger partial charge in [-0.2, -0.15) is 11.8 Å². The lowest BCUT2D eigenvalue weighted by atomic mass is 10.1. The molecular weight excluding hydrogens is 222 g/mol. The lowest BCUT2D eigenvalue weighted by Gasteiger charge is -2.18. The van der Waals surface area contributed by atoms with E-state index in [2.05, 4.69) is 0 Å². The molecule has 1 aliphatic rings. The summed E-state index contributed by atoms with van der Waals surface area (Å²) in [5.74, 6) is 0.710. The minimum atomic E-state index is -0.435. The molecule has 3 nitrogen and oxygen atoms in total. The smallest absolute Gasteiger partial charge is 0.323 e. The minimum Gasteiger partial charge on any atom is -0.461 e. The first-order valence-corrected chi connectivity index (χ1v) is 7.58. The monoisotopic (exact) mass is 245 g/mol. The molecule has 0 aromatic heterocycles. The Labute approximate surface area is 102 Å². The van der Waals surface area contributed by atoms with E-state index in [0.29, 0.717) is 6.42 Å². The first kappa shape index (κ1) is 13.8. The summed E-state index contributed by atoms with van der Waals surface area (Å²) in [6.45, 7) is 0. The molecule has 0 radical (unpaired) electrons. The molecule has 94 valence electrons. The standard InChI is InChI=1S/C12H23NO2S/c1-16-9-8-11(13)12(14)15-10-6-4-2-3-5-7-10/h10-11H,2-9,13H2,1H3/t11-/m0/s1. The van der Waals surface area contributed by atoms with Crippen LogP contribution in [0.25, 0.3) is 0 Å². The summed E-state index contributed by atoms with van der Waals surface area (Å²) < 4.78 is 5.46. The van der Waals surface area contributed by atoms with Crippen molar-refractivity contribution in [2.45, 2.75) is 57.1 Å². The van der Waals surface area contributed by atoms with Crippen molar-refractivity contribution in [3.8, 4) is 0 Å². The molecule has 0 saturated heterocycles. The van der Waals surface area contributed by atoms with Crippen LogP contribution in [0, 0.1) is 0 Å². The average molecular weight is 245 g/mol. The molecule has 0 aromatic carbocycles. The van der Waals surface area contributed by atoms with Crippen molar-refractivity contribution < 1.29 is 9.53 Å². The van der Waals surface area contributed by atoms with E-state index in [1.54, 1.807) is 11.8 Å². The van der Waals surface area contributed by atoms with Crippen LogP contribution in [-0.4, -0.2) is 30.1 Å². The first-order valence-electron chi connectivity index (χ1n) is 6.19. The van der Waals surface area contributed by atoms with Gasteiger partial charge in [0, 0.05) is 0 Å². The predicted octanol–water partition coefficient (Wildman–Crippen LogP) is 2.33. The summed E-state index contributed by atoms with van der Waals surface area (Å²) in [7, 11) is 0. The molecule has 1 rings (SSSR count). The molecule has 16 heavy (non-hydrogen) atoms. The summed E-state index contributed by atoms with van der Waals surface area (Å²) in [6, 6.07) is -0.435. The van der Waals surface area contributed by atoms with Crippen LogP contribution in [0.1, 0.15) is 44.9 Å². The molecular formula is C12H23NO2S. The van der Waals surface area contributed by atoms with Crippen molar-refractivity contribution in [1.29, 1.82) is 0 Å². The molecule has 0 aromatic rings. The lowest BCUT2D eigenvalue weighted by molar-refractivity contribution is -0.151. The van der Waals surface area contributed by atoms with Gasteiger partial charge >= 0.3 is 5.97 Å². The highest BCUT2D eigenvalue weighted by Crippen LogP contribution is 2.20. The summed E-state index contributed by atoms with van der Waals surface area (Å²) in [6.07, 6.45) is 9.78. The van der Waals surface area contributed by atoms with E-state index in [4.69, 9.17) is 10.5 Å². The SMILES string of the molecule is CSCC[C@H](N)C(=O)OC1CCCCCC1. The van der Waals surface area contributed by atoms with Crippen LogP contribution in [0.2, 0.25) is 0 Å². The van der Waals surface area contributed by atoms with Gasteiger partial charge in [-0.25, -0.2) is 0 Å². The summed E-state index contributed by atoms with van der Waals surface area (Å²) in [5.41, 5.74) is 5.77. The second-order valence-corrected chi connectivity index (χ2v) is 5.42. The highest BCUT2D eigenvalue weighted by Gasteiger charge is 2.20. The number of nitrogens with two attached hydrogens (primary N) is 1. The number of hydrogen-bond donors (Lipinski definition) is 1. The Morgan fingerprint density at radius 2 is 2.00 bits per heavy atom. The van der Waals surface area contributed by atoms with Gasteiger partial charge in [0.25, 0.3) is 0 Å². The third-order valence-corrected chi connectivity index (χ3v) is 3.66. The van der Waals surface area contributed by atoms with Crippen LogP contribution < -0.4 is 5.73 Å². The molecule has 0 heterocycles. The van der Waals surface area contributed by atoms with Crippen LogP contribution in [0.15, 0.2) is 0 Å². The fourth-order valence-electron chi connectivity index (χ4n) is 1.97. The van der Waals surface area contributed by atoms with Crippen molar-refractivity contribution in [2.75, 3.05) is 12.0 Å². The Morgan fingerprint density at radius 3 is 2.56 bits per heavy atom. The molecule has 0 unspecified atom stereocenters. The Kier molecular flexibility index (Phi) is 6.88. The van der Waals surface area contributed by atoms with Gasteiger partial charge in [-0.3, -0.25) is 4.79 Å². The van der Waals surface area contributed by atoms with E-state index in [1.165, 1.54) is 25.7 Å². The van der Waals surface area contributed by atoms with Crippen LogP contribution in [-0.2, 0) is 9.53 Å². The van der Waals surface area contributed by atoms with Gasteiger partial charge in [0.2, 0.25) is 0 Å². The fraction of sp³-hybridized carbons (Fsp3) is 0.917. The molecule has 4 heteroatoms. The van der Waals surface area contributed by atoms with E-state index in [9.17, 15) is 4.79 Å². The van der Waals surface area contributed by atoms with E-state index >= 15 is 0 Å². The molecule has 1 aliphatic carbocycles. The second kappa shape index (κ2) is 7.96. The van der Waals surface area contributed by atoms with E-state index < -0.39 is 6.04 Å². The van der Waals surface area contributed by atoms with Gasteiger partial charge in [-0.15, -0.1) is 0 Å². The van der Waals surface area contributed by atoms with Crippen molar-refractivity contribution in [3.63, 3.8) is 0 Å². The quantitative estimate of drug-likeness (QED) is 0.596. The highest BCUT2D eigenvalue weighted by molar-refractivity contribution is 7.98. The maximum Gasteiger partial charge on any atom is 0.323 e. The summed E-state index contributed by atoms with van der Waals surface area (Å²) in [5, 5.41) is 0. The Balaban J connectivity index is 2.25. The lowest BCUT2D eigenvalue weighted by Crippen LogP contribution is -2.35. The molecule has 1 atom stereocenters. The van der Waals surface area contributed by atoms with Gasteiger partial charge in [0.15, 0.2) is 0 Å². The minimum absolute atomic E-state index is 0.121. The van der Waals surface area contributed by atoms with E-state index in [1.807, 2.05) is 6.26 Å². The highest BCUT2D eigenvalue weighted by atomic mass is 32.2. The normalized spacial score (nSPS) is 20.1. The largest absolute Gasteiger partial charge is 0.461 e. The molecule has 0 aliphatic heterocycles. The maximum absolute atomic E-state index is 11.7. The summed E-state index contributed by atoms with van der Waals surface area (Å²) >= 11 is 1.71. The van der Waals surface area contributed by atoms with Crippen LogP contribution in [0.4, 0.5) is 0 Å². The van der Waals surface area contributed by atoms with Gasteiger partial charge in [0.05, 0.1) is 0 Å². The molecule has 0 spiro atoms. The third-order valence-electron chi connectivity index (χ3n) is 3.02.